The Kier molecular flexibility index (Phi) is 6.79. The molecule has 0 bridgehead atoms. The van der Waals surface area contributed by atoms with Gasteiger partial charge in [-0.15, -0.1) is 12.4 Å². The molecule has 0 amide bonds. The zero-order valence-electron chi connectivity index (χ0n) is 12.0. The molecule has 118 valence electrons. The van der Waals surface area contributed by atoms with Crippen LogP contribution in [0.5, 0.6) is 0 Å². The minimum Gasteiger partial charge on any atom is -0.315 e. The molecule has 0 spiro atoms. The van der Waals surface area contributed by atoms with Gasteiger partial charge < -0.3 is 5.32 Å². The molecule has 3 nitrogen and oxygen atoms in total. The third kappa shape index (κ3) is 4.57. The van der Waals surface area contributed by atoms with E-state index in [2.05, 4.69) is 37.1 Å². The molecule has 2 aliphatic rings. The second-order valence-corrected chi connectivity index (χ2v) is 7.02. The molecule has 1 aromatic rings. The van der Waals surface area contributed by atoms with E-state index in [-0.39, 0.29) is 12.4 Å². The second-order valence-electron chi connectivity index (χ2n) is 5.69. The van der Waals surface area contributed by atoms with Crippen LogP contribution in [0.25, 0.3) is 0 Å². The summed E-state index contributed by atoms with van der Waals surface area (Å²) in [6, 6.07) is 6.86. The van der Waals surface area contributed by atoms with Crippen LogP contribution < -0.4 is 5.32 Å². The summed E-state index contributed by atoms with van der Waals surface area (Å²) in [6.45, 7) is 7.93. The van der Waals surface area contributed by atoms with E-state index in [1.807, 2.05) is 12.1 Å². The van der Waals surface area contributed by atoms with E-state index in [4.69, 9.17) is 11.6 Å². The highest BCUT2D eigenvalue weighted by Crippen LogP contribution is 2.23. The van der Waals surface area contributed by atoms with Gasteiger partial charge in [0.2, 0.25) is 0 Å². The summed E-state index contributed by atoms with van der Waals surface area (Å²) in [4.78, 5) is 5.14. The monoisotopic (exact) mass is 393 g/mol. The van der Waals surface area contributed by atoms with Crippen LogP contribution in [0.3, 0.4) is 0 Å². The first kappa shape index (κ1) is 17.5. The molecule has 0 radical (unpaired) electrons. The fourth-order valence-corrected chi connectivity index (χ4v) is 3.73. The van der Waals surface area contributed by atoms with E-state index in [9.17, 15) is 0 Å². The molecule has 2 saturated heterocycles. The van der Waals surface area contributed by atoms with Crippen molar-refractivity contribution in [3.63, 3.8) is 0 Å². The third-order valence-corrected chi connectivity index (χ3v) is 5.22. The van der Waals surface area contributed by atoms with Gasteiger partial charge in [-0.1, -0.05) is 27.5 Å². The summed E-state index contributed by atoms with van der Waals surface area (Å²) in [5.41, 5.74) is 1.22. The Balaban J connectivity index is 0.00000161. The predicted octanol–water partition coefficient (Wildman–Crippen LogP) is 3.00. The molecule has 6 heteroatoms. The lowest BCUT2D eigenvalue weighted by Crippen LogP contribution is -2.50. The fraction of sp³-hybridized carbons (Fsp3) is 0.600. The van der Waals surface area contributed by atoms with Crippen molar-refractivity contribution in [2.24, 2.45) is 0 Å². The Morgan fingerprint density at radius 3 is 2.67 bits per heavy atom. The molecule has 0 aromatic heterocycles. The molecule has 2 heterocycles. The van der Waals surface area contributed by atoms with E-state index in [1.54, 1.807) is 0 Å². The van der Waals surface area contributed by atoms with Crippen LogP contribution in [0.4, 0.5) is 0 Å². The Labute approximate surface area is 146 Å². The summed E-state index contributed by atoms with van der Waals surface area (Å²) < 4.78 is 1.10. The SMILES string of the molecule is Cl.Clc1ccc(Br)cc1CN1CCN(C2CCNC2)CC1. The van der Waals surface area contributed by atoms with Crippen molar-refractivity contribution in [3.05, 3.63) is 33.3 Å². The molecule has 21 heavy (non-hydrogen) atoms. The number of halogens is 3. The first-order chi connectivity index (χ1) is 9.72. The van der Waals surface area contributed by atoms with E-state index in [1.165, 1.54) is 31.6 Å². The van der Waals surface area contributed by atoms with Gasteiger partial charge in [-0.2, -0.15) is 0 Å². The van der Waals surface area contributed by atoms with Crippen LogP contribution >= 0.6 is 39.9 Å². The van der Waals surface area contributed by atoms with Gasteiger partial charge in [0.1, 0.15) is 0 Å². The molecule has 2 aliphatic heterocycles. The quantitative estimate of drug-likeness (QED) is 0.849. The van der Waals surface area contributed by atoms with Crippen molar-refractivity contribution in [2.45, 2.75) is 19.0 Å². The first-order valence-electron chi connectivity index (χ1n) is 7.33. The maximum absolute atomic E-state index is 6.28. The topological polar surface area (TPSA) is 18.5 Å². The van der Waals surface area contributed by atoms with E-state index in [0.29, 0.717) is 0 Å². The summed E-state index contributed by atoms with van der Waals surface area (Å²) in [7, 11) is 0. The van der Waals surface area contributed by atoms with Crippen LogP contribution in [0.15, 0.2) is 22.7 Å². The molecule has 2 fully saturated rings. The van der Waals surface area contributed by atoms with Crippen molar-refractivity contribution in [2.75, 3.05) is 39.3 Å². The second kappa shape index (κ2) is 8.14. The van der Waals surface area contributed by atoms with Gasteiger partial charge in [0, 0.05) is 54.8 Å². The van der Waals surface area contributed by atoms with E-state index in [0.717, 1.165) is 41.7 Å². The fourth-order valence-electron chi connectivity index (χ4n) is 3.14. The maximum Gasteiger partial charge on any atom is 0.0451 e. The number of nitrogens with one attached hydrogen (secondary N) is 1. The minimum absolute atomic E-state index is 0. The maximum atomic E-state index is 6.28. The summed E-state index contributed by atoms with van der Waals surface area (Å²) in [5.74, 6) is 0. The Morgan fingerprint density at radius 2 is 2.00 bits per heavy atom. The van der Waals surface area contributed by atoms with Crippen LogP contribution in [-0.4, -0.2) is 55.1 Å². The molecule has 3 rings (SSSR count). The molecule has 1 unspecified atom stereocenters. The van der Waals surface area contributed by atoms with Gasteiger partial charge in [0.15, 0.2) is 0 Å². The molecule has 1 aromatic carbocycles. The molecule has 1 N–H and O–H groups in total. The lowest BCUT2D eigenvalue weighted by Gasteiger charge is -2.37. The number of nitrogens with zero attached hydrogens (tertiary/aromatic N) is 2. The van der Waals surface area contributed by atoms with Crippen molar-refractivity contribution in [1.82, 2.24) is 15.1 Å². The first-order valence-corrected chi connectivity index (χ1v) is 8.50. The molecular formula is C15H22BrCl2N3. The number of hydrogen-bond acceptors (Lipinski definition) is 3. The van der Waals surface area contributed by atoms with Gasteiger partial charge in [-0.3, -0.25) is 9.80 Å². The van der Waals surface area contributed by atoms with Crippen molar-refractivity contribution in [1.29, 1.82) is 0 Å². The average molecular weight is 395 g/mol. The van der Waals surface area contributed by atoms with Crippen molar-refractivity contribution in [3.8, 4) is 0 Å². The van der Waals surface area contributed by atoms with Gasteiger partial charge in [0.05, 0.1) is 0 Å². The van der Waals surface area contributed by atoms with E-state index >= 15 is 0 Å². The smallest absolute Gasteiger partial charge is 0.0451 e. The predicted molar refractivity (Wildman–Crippen MR) is 94.5 cm³/mol. The Bertz CT molecular complexity index is 458. The highest BCUT2D eigenvalue weighted by atomic mass is 79.9. The number of hydrogen-bond donors (Lipinski definition) is 1. The van der Waals surface area contributed by atoms with Crippen LogP contribution in [-0.2, 0) is 6.54 Å². The summed E-state index contributed by atoms with van der Waals surface area (Å²) >= 11 is 9.80. The molecule has 0 saturated carbocycles. The highest BCUT2D eigenvalue weighted by Gasteiger charge is 2.26. The zero-order valence-corrected chi connectivity index (χ0v) is 15.2. The molecular weight excluding hydrogens is 373 g/mol. The minimum atomic E-state index is 0. The third-order valence-electron chi connectivity index (χ3n) is 4.36. The van der Waals surface area contributed by atoms with Gasteiger partial charge in [0.25, 0.3) is 0 Å². The molecule has 0 aliphatic carbocycles. The van der Waals surface area contributed by atoms with Crippen molar-refractivity contribution >= 4 is 39.9 Å². The number of benzene rings is 1. The van der Waals surface area contributed by atoms with Crippen LogP contribution in [0, 0.1) is 0 Å². The Hall–Kier alpha value is 0.160. The highest BCUT2D eigenvalue weighted by molar-refractivity contribution is 9.10. The summed E-state index contributed by atoms with van der Waals surface area (Å²) in [5, 5.41) is 4.33. The van der Waals surface area contributed by atoms with Crippen LogP contribution in [0.1, 0.15) is 12.0 Å². The lowest BCUT2D eigenvalue weighted by atomic mass is 10.1. The van der Waals surface area contributed by atoms with Gasteiger partial charge in [-0.05, 0) is 36.7 Å². The summed E-state index contributed by atoms with van der Waals surface area (Å²) in [6.07, 6.45) is 1.30. The average Bonchev–Trinajstić information content (AvgIpc) is 2.98. The largest absolute Gasteiger partial charge is 0.315 e. The van der Waals surface area contributed by atoms with Crippen molar-refractivity contribution < 1.29 is 0 Å². The van der Waals surface area contributed by atoms with Gasteiger partial charge in [-0.25, -0.2) is 0 Å². The number of piperazine rings is 1. The van der Waals surface area contributed by atoms with Gasteiger partial charge >= 0.3 is 0 Å². The Morgan fingerprint density at radius 1 is 1.24 bits per heavy atom. The molecule has 1 atom stereocenters. The van der Waals surface area contributed by atoms with E-state index < -0.39 is 0 Å². The zero-order chi connectivity index (χ0) is 13.9. The standard InChI is InChI=1S/C15H21BrClN3.ClH/c16-13-1-2-15(17)12(9-13)11-19-5-7-20(8-6-19)14-3-4-18-10-14;/h1-2,9,14,18H,3-8,10-11H2;1H. The normalized spacial score (nSPS) is 24.0. The lowest BCUT2D eigenvalue weighted by molar-refractivity contribution is 0.0981. The number of rotatable bonds is 3. The van der Waals surface area contributed by atoms with Crippen LogP contribution in [0.2, 0.25) is 5.02 Å².